The molecule has 7 heteroatoms. The van der Waals surface area contributed by atoms with Crippen LogP contribution in [-0.4, -0.2) is 73.0 Å². The van der Waals surface area contributed by atoms with Crippen molar-refractivity contribution in [3.8, 4) is 0 Å². The number of anilines is 1. The van der Waals surface area contributed by atoms with Crippen molar-refractivity contribution in [1.82, 2.24) is 15.1 Å². The van der Waals surface area contributed by atoms with Gasteiger partial charge in [0.2, 0.25) is 11.8 Å². The summed E-state index contributed by atoms with van der Waals surface area (Å²) in [6.07, 6.45) is 2.56. The number of carbonyl (C=O) groups is 2. The second kappa shape index (κ2) is 7.23. The Labute approximate surface area is 152 Å². The van der Waals surface area contributed by atoms with Crippen molar-refractivity contribution in [2.45, 2.75) is 31.3 Å². The summed E-state index contributed by atoms with van der Waals surface area (Å²) in [5, 5.41) is 2.95. The molecule has 3 fully saturated rings. The van der Waals surface area contributed by atoms with Crippen molar-refractivity contribution in [2.24, 2.45) is 0 Å². The highest BCUT2D eigenvalue weighted by Gasteiger charge is 2.39. The summed E-state index contributed by atoms with van der Waals surface area (Å²) in [6, 6.07) is 6.99. The van der Waals surface area contributed by atoms with Gasteiger partial charge in [-0.3, -0.25) is 14.5 Å². The second-order valence-corrected chi connectivity index (χ2v) is 7.41. The van der Waals surface area contributed by atoms with E-state index in [9.17, 15) is 14.0 Å². The van der Waals surface area contributed by atoms with E-state index in [1.165, 1.54) is 12.1 Å². The molecule has 1 N–H and O–H groups in total. The Kier molecular flexibility index (Phi) is 4.80. The number of hydrogen-bond donors (Lipinski definition) is 1. The van der Waals surface area contributed by atoms with Crippen LogP contribution in [0.2, 0.25) is 0 Å². The summed E-state index contributed by atoms with van der Waals surface area (Å²) in [4.78, 5) is 30.8. The molecule has 0 aliphatic carbocycles. The molecule has 3 heterocycles. The zero-order valence-electron chi connectivity index (χ0n) is 14.9. The Morgan fingerprint density at radius 2 is 1.77 bits per heavy atom. The standard InChI is InChI=1S/C19H25FN4O2/c20-14-1-3-15(4-2-14)22-7-9-23(10-8-22)19(26)13-24-16-5-6-17(24)12-21-18(25)11-16/h1-4,16-17H,5-13H2,(H,21,25)/t16-,17+/m0/s1. The zero-order chi connectivity index (χ0) is 18.1. The highest BCUT2D eigenvalue weighted by Crippen LogP contribution is 2.28. The summed E-state index contributed by atoms with van der Waals surface area (Å²) in [5.74, 6) is 0.0141. The van der Waals surface area contributed by atoms with Gasteiger partial charge in [0.15, 0.2) is 0 Å². The molecule has 2 amide bonds. The summed E-state index contributed by atoms with van der Waals surface area (Å²) in [7, 11) is 0. The average molecular weight is 360 g/mol. The molecule has 3 saturated heterocycles. The van der Waals surface area contributed by atoms with Crippen molar-refractivity contribution < 1.29 is 14.0 Å². The molecule has 1 aromatic carbocycles. The number of nitrogens with one attached hydrogen (secondary N) is 1. The first-order valence-corrected chi connectivity index (χ1v) is 9.41. The summed E-state index contributed by atoms with van der Waals surface area (Å²) >= 11 is 0. The molecule has 3 aliphatic heterocycles. The third-order valence-electron chi connectivity index (χ3n) is 5.87. The maximum absolute atomic E-state index is 13.1. The molecule has 1 aromatic rings. The van der Waals surface area contributed by atoms with Gasteiger partial charge in [0.05, 0.1) is 6.54 Å². The van der Waals surface area contributed by atoms with Gasteiger partial charge in [-0.1, -0.05) is 0 Å². The summed E-state index contributed by atoms with van der Waals surface area (Å²) in [6.45, 7) is 3.92. The summed E-state index contributed by atoms with van der Waals surface area (Å²) in [5.41, 5.74) is 0.994. The Hall–Kier alpha value is -2.15. The minimum Gasteiger partial charge on any atom is -0.368 e. The van der Waals surface area contributed by atoms with Gasteiger partial charge in [-0.05, 0) is 37.1 Å². The van der Waals surface area contributed by atoms with E-state index >= 15 is 0 Å². The lowest BCUT2D eigenvalue weighted by molar-refractivity contribution is -0.133. The number of fused-ring (bicyclic) bond motifs is 2. The number of carbonyl (C=O) groups excluding carboxylic acids is 2. The van der Waals surface area contributed by atoms with Crippen LogP contribution in [0.3, 0.4) is 0 Å². The SMILES string of the molecule is O=C1C[C@@H]2CC[C@H](CN1)N2CC(=O)N1CCN(c2ccc(F)cc2)CC1. The molecule has 0 saturated carbocycles. The first kappa shape index (κ1) is 17.3. The average Bonchev–Trinajstić information content (AvgIpc) is 2.93. The van der Waals surface area contributed by atoms with E-state index < -0.39 is 0 Å². The molecule has 0 aromatic heterocycles. The fourth-order valence-corrected chi connectivity index (χ4v) is 4.35. The van der Waals surface area contributed by atoms with Crippen LogP contribution in [0, 0.1) is 5.82 Å². The highest BCUT2D eigenvalue weighted by molar-refractivity contribution is 5.80. The second-order valence-electron chi connectivity index (χ2n) is 7.41. The molecule has 0 radical (unpaired) electrons. The largest absolute Gasteiger partial charge is 0.368 e. The van der Waals surface area contributed by atoms with Crippen molar-refractivity contribution in [3.05, 3.63) is 30.1 Å². The monoisotopic (exact) mass is 360 g/mol. The number of nitrogens with zero attached hydrogens (tertiary/aromatic N) is 3. The Morgan fingerprint density at radius 1 is 1.08 bits per heavy atom. The quantitative estimate of drug-likeness (QED) is 0.868. The molecular formula is C19H25FN4O2. The van der Waals surface area contributed by atoms with Gasteiger partial charge in [0.1, 0.15) is 5.82 Å². The predicted octanol–water partition coefficient (Wildman–Crippen LogP) is 0.827. The van der Waals surface area contributed by atoms with E-state index in [0.29, 0.717) is 32.6 Å². The first-order valence-electron chi connectivity index (χ1n) is 9.41. The van der Waals surface area contributed by atoms with Gasteiger partial charge in [-0.25, -0.2) is 4.39 Å². The Morgan fingerprint density at radius 3 is 2.50 bits per heavy atom. The van der Waals surface area contributed by atoms with E-state index in [1.807, 2.05) is 4.90 Å². The van der Waals surface area contributed by atoms with Gasteiger partial charge >= 0.3 is 0 Å². The number of piperazine rings is 1. The number of halogens is 1. The van der Waals surface area contributed by atoms with Gasteiger partial charge in [0.25, 0.3) is 0 Å². The molecule has 26 heavy (non-hydrogen) atoms. The number of benzene rings is 1. The Bertz CT molecular complexity index is 673. The van der Waals surface area contributed by atoms with Crippen LogP contribution < -0.4 is 10.2 Å². The van der Waals surface area contributed by atoms with Gasteiger partial charge < -0.3 is 15.1 Å². The number of rotatable bonds is 3. The molecule has 6 nitrogen and oxygen atoms in total. The van der Waals surface area contributed by atoms with Crippen LogP contribution in [0.4, 0.5) is 10.1 Å². The molecule has 2 atom stereocenters. The van der Waals surface area contributed by atoms with Crippen LogP contribution in [0.25, 0.3) is 0 Å². The minimum atomic E-state index is -0.234. The van der Waals surface area contributed by atoms with Gasteiger partial charge in [0, 0.05) is 56.9 Å². The normalized spacial score (nSPS) is 26.6. The number of hydrogen-bond acceptors (Lipinski definition) is 4. The van der Waals surface area contributed by atoms with Crippen LogP contribution in [0.5, 0.6) is 0 Å². The lowest BCUT2D eigenvalue weighted by Crippen LogP contribution is -2.52. The fourth-order valence-electron chi connectivity index (χ4n) is 4.35. The van der Waals surface area contributed by atoms with Crippen molar-refractivity contribution in [2.75, 3.05) is 44.2 Å². The minimum absolute atomic E-state index is 0.0996. The molecule has 140 valence electrons. The van der Waals surface area contributed by atoms with Crippen LogP contribution in [-0.2, 0) is 9.59 Å². The van der Waals surface area contributed by atoms with E-state index in [0.717, 1.165) is 31.6 Å². The van der Waals surface area contributed by atoms with E-state index in [4.69, 9.17) is 0 Å². The van der Waals surface area contributed by atoms with Crippen molar-refractivity contribution >= 4 is 17.5 Å². The third kappa shape index (κ3) is 3.53. The fraction of sp³-hybridized carbons (Fsp3) is 0.579. The maximum Gasteiger partial charge on any atom is 0.236 e. The first-order chi connectivity index (χ1) is 12.6. The van der Waals surface area contributed by atoms with Crippen molar-refractivity contribution in [1.29, 1.82) is 0 Å². The van der Waals surface area contributed by atoms with Crippen LogP contribution >= 0.6 is 0 Å². The summed E-state index contributed by atoms with van der Waals surface area (Å²) < 4.78 is 13.1. The molecular weight excluding hydrogens is 335 g/mol. The maximum atomic E-state index is 13.1. The molecule has 0 spiro atoms. The van der Waals surface area contributed by atoms with Crippen LogP contribution in [0.1, 0.15) is 19.3 Å². The lowest BCUT2D eigenvalue weighted by Gasteiger charge is -2.37. The van der Waals surface area contributed by atoms with Crippen LogP contribution in [0.15, 0.2) is 24.3 Å². The smallest absolute Gasteiger partial charge is 0.236 e. The highest BCUT2D eigenvalue weighted by atomic mass is 19.1. The number of amides is 2. The van der Waals surface area contributed by atoms with Gasteiger partial charge in [-0.2, -0.15) is 0 Å². The van der Waals surface area contributed by atoms with Gasteiger partial charge in [-0.15, -0.1) is 0 Å². The third-order valence-corrected chi connectivity index (χ3v) is 5.87. The van der Waals surface area contributed by atoms with E-state index in [1.54, 1.807) is 12.1 Å². The molecule has 2 bridgehead atoms. The predicted molar refractivity (Wildman–Crippen MR) is 96.3 cm³/mol. The van der Waals surface area contributed by atoms with E-state index in [2.05, 4.69) is 15.1 Å². The molecule has 0 unspecified atom stereocenters. The van der Waals surface area contributed by atoms with E-state index in [-0.39, 0.29) is 29.7 Å². The topological polar surface area (TPSA) is 55.9 Å². The molecule has 4 rings (SSSR count). The zero-order valence-corrected chi connectivity index (χ0v) is 14.9. The Balaban J connectivity index is 1.32. The van der Waals surface area contributed by atoms with Crippen molar-refractivity contribution in [3.63, 3.8) is 0 Å². The molecule has 3 aliphatic rings. The lowest BCUT2D eigenvalue weighted by atomic mass is 10.1.